The molecule has 0 N–H and O–H groups in total. The second kappa shape index (κ2) is 5.51. The van der Waals surface area contributed by atoms with E-state index >= 15 is 0 Å². The van der Waals surface area contributed by atoms with Gasteiger partial charge >= 0.3 is 0 Å². The molecule has 1 aromatic carbocycles. The summed E-state index contributed by atoms with van der Waals surface area (Å²) in [7, 11) is -3.30. The number of carbonyl (C=O) groups is 1. The van der Waals surface area contributed by atoms with Crippen LogP contribution in [0, 0.1) is 0 Å². The maximum Gasteiger partial charge on any atom is 0.253 e. The van der Waals surface area contributed by atoms with E-state index in [1.165, 1.54) is 12.1 Å². The van der Waals surface area contributed by atoms with Crippen molar-refractivity contribution in [1.82, 2.24) is 4.90 Å². The second-order valence-electron chi connectivity index (χ2n) is 4.79. The maximum absolute atomic E-state index is 12.3. The van der Waals surface area contributed by atoms with Gasteiger partial charge in [-0.25, -0.2) is 8.42 Å². The lowest BCUT2D eigenvalue weighted by molar-refractivity contribution is 0.0727. The van der Waals surface area contributed by atoms with E-state index in [-0.39, 0.29) is 16.2 Å². The molecule has 0 spiro atoms. The minimum atomic E-state index is -3.30. The Labute approximate surface area is 118 Å². The van der Waals surface area contributed by atoms with Crippen molar-refractivity contribution in [1.29, 1.82) is 0 Å². The van der Waals surface area contributed by atoms with Crippen LogP contribution < -0.4 is 0 Å². The fourth-order valence-electron chi connectivity index (χ4n) is 2.15. The van der Waals surface area contributed by atoms with Gasteiger partial charge in [0.05, 0.1) is 10.3 Å². The molecule has 0 saturated carbocycles. The number of amides is 1. The molecule has 2 rings (SSSR count). The molecular weight excluding hydrogens is 286 g/mol. The number of rotatable bonds is 2. The van der Waals surface area contributed by atoms with E-state index in [0.717, 1.165) is 19.1 Å². The summed E-state index contributed by atoms with van der Waals surface area (Å²) >= 11 is 6.06. The van der Waals surface area contributed by atoms with Crippen LogP contribution in [-0.2, 0) is 9.84 Å². The predicted molar refractivity (Wildman–Crippen MR) is 74.3 cm³/mol. The Morgan fingerprint density at radius 2 is 2.16 bits per heavy atom. The number of sulfone groups is 1. The van der Waals surface area contributed by atoms with Gasteiger partial charge < -0.3 is 4.90 Å². The van der Waals surface area contributed by atoms with Crippen LogP contribution in [0.2, 0.25) is 0 Å². The lowest BCUT2D eigenvalue weighted by Crippen LogP contribution is -2.40. The van der Waals surface area contributed by atoms with Crippen molar-refractivity contribution >= 4 is 27.3 Å². The van der Waals surface area contributed by atoms with Crippen LogP contribution in [0.25, 0.3) is 0 Å². The molecular formula is C13H16ClNO3S. The molecule has 19 heavy (non-hydrogen) atoms. The zero-order valence-corrected chi connectivity index (χ0v) is 12.2. The van der Waals surface area contributed by atoms with E-state index < -0.39 is 9.84 Å². The first-order valence-electron chi connectivity index (χ1n) is 6.11. The van der Waals surface area contributed by atoms with Gasteiger partial charge in [-0.1, -0.05) is 6.07 Å². The second-order valence-corrected chi connectivity index (χ2v) is 7.42. The minimum Gasteiger partial charge on any atom is -0.337 e. The zero-order chi connectivity index (χ0) is 14.0. The Kier molecular flexibility index (Phi) is 4.16. The number of benzene rings is 1. The van der Waals surface area contributed by atoms with Crippen molar-refractivity contribution in [3.8, 4) is 0 Å². The first-order chi connectivity index (χ1) is 8.88. The number of hydrogen-bond acceptors (Lipinski definition) is 3. The molecule has 0 aromatic heterocycles. The van der Waals surface area contributed by atoms with Crippen LogP contribution in [0.3, 0.4) is 0 Å². The van der Waals surface area contributed by atoms with Crippen LogP contribution in [0.5, 0.6) is 0 Å². The number of carbonyl (C=O) groups excluding carboxylic acids is 1. The predicted octanol–water partition coefficient (Wildman–Crippen LogP) is 1.93. The van der Waals surface area contributed by atoms with Crippen LogP contribution in [-0.4, -0.2) is 43.9 Å². The third-order valence-corrected chi connectivity index (χ3v) is 4.63. The normalized spacial score (nSPS) is 20.3. The molecule has 1 aliphatic rings. The molecule has 104 valence electrons. The van der Waals surface area contributed by atoms with E-state index in [0.29, 0.717) is 18.7 Å². The fourth-order valence-corrected chi connectivity index (χ4v) is 3.14. The highest BCUT2D eigenvalue weighted by Crippen LogP contribution is 2.19. The summed E-state index contributed by atoms with van der Waals surface area (Å²) in [6.07, 6.45) is 2.92. The van der Waals surface area contributed by atoms with Gasteiger partial charge in [-0.3, -0.25) is 4.79 Å². The first kappa shape index (κ1) is 14.3. The molecule has 1 saturated heterocycles. The van der Waals surface area contributed by atoms with Crippen molar-refractivity contribution in [3.63, 3.8) is 0 Å². The Balaban J connectivity index is 2.24. The van der Waals surface area contributed by atoms with Gasteiger partial charge in [-0.2, -0.15) is 0 Å². The SMILES string of the molecule is CS(=O)(=O)c1cccc(C(=O)N2CCCC(Cl)C2)c1. The van der Waals surface area contributed by atoms with Gasteiger partial charge in [0.1, 0.15) is 0 Å². The number of alkyl halides is 1. The van der Waals surface area contributed by atoms with Gasteiger partial charge in [0, 0.05) is 24.9 Å². The third-order valence-electron chi connectivity index (χ3n) is 3.16. The lowest BCUT2D eigenvalue weighted by Gasteiger charge is -2.29. The highest BCUT2D eigenvalue weighted by molar-refractivity contribution is 7.90. The molecule has 6 heteroatoms. The molecule has 1 atom stereocenters. The Morgan fingerprint density at radius 3 is 2.79 bits per heavy atom. The molecule has 1 amide bonds. The number of nitrogens with zero attached hydrogens (tertiary/aromatic N) is 1. The van der Waals surface area contributed by atoms with Crippen molar-refractivity contribution in [2.75, 3.05) is 19.3 Å². The molecule has 1 fully saturated rings. The van der Waals surface area contributed by atoms with E-state index in [1.807, 2.05) is 0 Å². The smallest absolute Gasteiger partial charge is 0.253 e. The zero-order valence-electron chi connectivity index (χ0n) is 10.7. The Bertz CT molecular complexity index is 585. The highest BCUT2D eigenvalue weighted by Gasteiger charge is 2.23. The van der Waals surface area contributed by atoms with Gasteiger partial charge in [0.15, 0.2) is 9.84 Å². The summed E-state index contributed by atoms with van der Waals surface area (Å²) in [4.78, 5) is 14.1. The monoisotopic (exact) mass is 301 g/mol. The van der Waals surface area contributed by atoms with Crippen LogP contribution in [0.1, 0.15) is 23.2 Å². The van der Waals surface area contributed by atoms with Crippen LogP contribution in [0.15, 0.2) is 29.2 Å². The average Bonchev–Trinajstić information content (AvgIpc) is 2.37. The third kappa shape index (κ3) is 3.48. The molecule has 1 aliphatic heterocycles. The Morgan fingerprint density at radius 1 is 1.42 bits per heavy atom. The first-order valence-corrected chi connectivity index (χ1v) is 8.44. The summed E-state index contributed by atoms with van der Waals surface area (Å²) in [5.41, 5.74) is 0.397. The maximum atomic E-state index is 12.3. The van der Waals surface area contributed by atoms with Crippen molar-refractivity contribution in [2.24, 2.45) is 0 Å². The molecule has 0 aliphatic carbocycles. The van der Waals surface area contributed by atoms with Crippen molar-refractivity contribution in [2.45, 2.75) is 23.1 Å². The van der Waals surface area contributed by atoms with E-state index in [4.69, 9.17) is 11.6 Å². The molecule has 4 nitrogen and oxygen atoms in total. The largest absolute Gasteiger partial charge is 0.337 e. The summed E-state index contributed by atoms with van der Waals surface area (Å²) < 4.78 is 23.0. The standard InChI is InChI=1S/C13H16ClNO3S/c1-19(17,18)12-6-2-4-10(8-12)13(16)15-7-3-5-11(14)9-15/h2,4,6,8,11H,3,5,7,9H2,1H3. The van der Waals surface area contributed by atoms with Gasteiger partial charge in [0.2, 0.25) is 0 Å². The average molecular weight is 302 g/mol. The molecule has 1 aromatic rings. The Hall–Kier alpha value is -1.07. The summed E-state index contributed by atoms with van der Waals surface area (Å²) in [5.74, 6) is -0.157. The number of likely N-dealkylation sites (tertiary alicyclic amines) is 1. The van der Waals surface area contributed by atoms with Crippen molar-refractivity contribution < 1.29 is 13.2 Å². The van der Waals surface area contributed by atoms with Crippen LogP contribution in [0.4, 0.5) is 0 Å². The molecule has 1 unspecified atom stereocenters. The fraction of sp³-hybridized carbons (Fsp3) is 0.462. The summed E-state index contributed by atoms with van der Waals surface area (Å²) in [5, 5.41) is -0.0178. The molecule has 1 heterocycles. The van der Waals surface area contributed by atoms with Crippen molar-refractivity contribution in [3.05, 3.63) is 29.8 Å². The minimum absolute atomic E-state index is 0.0178. The van der Waals surface area contributed by atoms with E-state index in [1.54, 1.807) is 17.0 Å². The topological polar surface area (TPSA) is 54.5 Å². The summed E-state index contributed by atoms with van der Waals surface area (Å²) in [6.45, 7) is 1.19. The van der Waals surface area contributed by atoms with Gasteiger partial charge in [0.25, 0.3) is 5.91 Å². The number of piperidine rings is 1. The molecule has 0 bridgehead atoms. The van der Waals surface area contributed by atoms with Gasteiger partial charge in [-0.05, 0) is 31.0 Å². The molecule has 0 radical (unpaired) electrons. The quantitative estimate of drug-likeness (QED) is 0.784. The summed E-state index contributed by atoms with van der Waals surface area (Å²) in [6, 6.07) is 6.14. The van der Waals surface area contributed by atoms with Gasteiger partial charge in [-0.15, -0.1) is 11.6 Å². The van der Waals surface area contributed by atoms with Crippen LogP contribution >= 0.6 is 11.6 Å². The number of halogens is 1. The van der Waals surface area contributed by atoms with E-state index in [9.17, 15) is 13.2 Å². The number of hydrogen-bond donors (Lipinski definition) is 0. The highest BCUT2D eigenvalue weighted by atomic mass is 35.5. The van der Waals surface area contributed by atoms with E-state index in [2.05, 4.69) is 0 Å². The lowest BCUT2D eigenvalue weighted by atomic mass is 10.1.